The fraction of sp³-hybridized carbons (Fsp3) is 0.350. The molecule has 0 bridgehead atoms. The SMILES string of the molecule is CC(C)C(=O)N(C)CC(=O)N1N=C(c2cccs2)C[C@H]1c1ccc(Cl)cc1. The highest BCUT2D eigenvalue weighted by atomic mass is 35.5. The minimum Gasteiger partial charge on any atom is -0.336 e. The lowest BCUT2D eigenvalue weighted by molar-refractivity contribution is -0.142. The molecule has 142 valence electrons. The Morgan fingerprint density at radius 1 is 1.30 bits per heavy atom. The number of nitrogens with zero attached hydrogens (tertiary/aromatic N) is 3. The number of rotatable bonds is 5. The van der Waals surface area contributed by atoms with Crippen LogP contribution in [0.2, 0.25) is 5.02 Å². The van der Waals surface area contributed by atoms with Gasteiger partial charge in [0.2, 0.25) is 5.91 Å². The molecule has 1 aliphatic heterocycles. The van der Waals surface area contributed by atoms with Crippen molar-refractivity contribution in [2.24, 2.45) is 11.0 Å². The summed E-state index contributed by atoms with van der Waals surface area (Å²) >= 11 is 7.61. The Bertz CT molecular complexity index is 847. The molecular formula is C20H22ClN3O2S. The van der Waals surface area contributed by atoms with Gasteiger partial charge in [0.25, 0.3) is 5.91 Å². The molecule has 2 amide bonds. The number of carbonyl (C=O) groups is 2. The Kier molecular flexibility index (Phi) is 5.97. The lowest BCUT2D eigenvalue weighted by Gasteiger charge is -2.25. The number of hydrogen-bond acceptors (Lipinski definition) is 4. The summed E-state index contributed by atoms with van der Waals surface area (Å²) in [5.41, 5.74) is 1.86. The van der Waals surface area contributed by atoms with Crippen molar-refractivity contribution in [2.75, 3.05) is 13.6 Å². The summed E-state index contributed by atoms with van der Waals surface area (Å²) in [5.74, 6) is -0.412. The van der Waals surface area contributed by atoms with Gasteiger partial charge in [0.05, 0.1) is 16.6 Å². The second-order valence-corrected chi connectivity index (χ2v) is 8.27. The van der Waals surface area contributed by atoms with Crippen LogP contribution in [0.15, 0.2) is 46.9 Å². The number of hydrazone groups is 1. The Hall–Kier alpha value is -2.18. The van der Waals surface area contributed by atoms with E-state index in [1.54, 1.807) is 18.4 Å². The van der Waals surface area contributed by atoms with Crippen LogP contribution in [0.1, 0.15) is 36.8 Å². The van der Waals surface area contributed by atoms with Gasteiger partial charge >= 0.3 is 0 Å². The van der Waals surface area contributed by atoms with E-state index in [9.17, 15) is 9.59 Å². The number of amides is 2. The number of halogens is 1. The average Bonchev–Trinajstić information content (AvgIpc) is 3.31. The van der Waals surface area contributed by atoms with Gasteiger partial charge in [-0.05, 0) is 29.1 Å². The van der Waals surface area contributed by atoms with Crippen LogP contribution in [0, 0.1) is 5.92 Å². The Balaban J connectivity index is 1.85. The van der Waals surface area contributed by atoms with E-state index >= 15 is 0 Å². The van der Waals surface area contributed by atoms with Crippen LogP contribution in [0.25, 0.3) is 0 Å². The average molecular weight is 404 g/mol. The molecule has 0 spiro atoms. The van der Waals surface area contributed by atoms with Gasteiger partial charge in [-0.25, -0.2) is 5.01 Å². The lowest BCUT2D eigenvalue weighted by atomic mass is 10.0. The summed E-state index contributed by atoms with van der Waals surface area (Å²) in [4.78, 5) is 27.6. The third-order valence-electron chi connectivity index (χ3n) is 4.47. The largest absolute Gasteiger partial charge is 0.336 e. The van der Waals surface area contributed by atoms with Crippen LogP contribution in [0.3, 0.4) is 0 Å². The molecule has 2 heterocycles. The highest BCUT2D eigenvalue weighted by molar-refractivity contribution is 7.12. The van der Waals surface area contributed by atoms with Crippen molar-refractivity contribution in [1.82, 2.24) is 9.91 Å². The fourth-order valence-electron chi connectivity index (χ4n) is 3.07. The van der Waals surface area contributed by atoms with Gasteiger partial charge in [-0.3, -0.25) is 9.59 Å². The van der Waals surface area contributed by atoms with Gasteiger partial charge in [0.1, 0.15) is 6.54 Å². The zero-order valence-corrected chi connectivity index (χ0v) is 17.1. The van der Waals surface area contributed by atoms with Gasteiger partial charge in [-0.15, -0.1) is 11.3 Å². The quantitative estimate of drug-likeness (QED) is 0.751. The second kappa shape index (κ2) is 8.23. The summed E-state index contributed by atoms with van der Waals surface area (Å²) in [6.07, 6.45) is 0.635. The molecule has 5 nitrogen and oxygen atoms in total. The van der Waals surface area contributed by atoms with Crippen LogP contribution in [0.5, 0.6) is 0 Å². The monoisotopic (exact) mass is 403 g/mol. The zero-order chi connectivity index (χ0) is 19.6. The van der Waals surface area contributed by atoms with E-state index in [0.29, 0.717) is 11.4 Å². The first-order chi connectivity index (χ1) is 12.9. The maximum absolute atomic E-state index is 13.0. The summed E-state index contributed by atoms with van der Waals surface area (Å²) < 4.78 is 0. The lowest BCUT2D eigenvalue weighted by Crippen LogP contribution is -2.40. The molecule has 0 unspecified atom stereocenters. The molecule has 0 aliphatic carbocycles. The first kappa shape index (κ1) is 19.6. The molecule has 0 saturated heterocycles. The van der Waals surface area contributed by atoms with Gasteiger partial charge in [0.15, 0.2) is 0 Å². The Morgan fingerprint density at radius 2 is 2.00 bits per heavy atom. The predicted octanol–water partition coefficient (Wildman–Crippen LogP) is 4.19. The minimum absolute atomic E-state index is 0.00231. The molecule has 1 aliphatic rings. The fourth-order valence-corrected chi connectivity index (χ4v) is 3.92. The van der Waals surface area contributed by atoms with Crippen molar-refractivity contribution in [1.29, 1.82) is 0 Å². The highest BCUT2D eigenvalue weighted by Crippen LogP contribution is 2.34. The number of hydrogen-bond donors (Lipinski definition) is 0. The van der Waals surface area contributed by atoms with Crippen molar-refractivity contribution in [3.63, 3.8) is 0 Å². The van der Waals surface area contributed by atoms with E-state index in [0.717, 1.165) is 16.2 Å². The molecule has 1 aromatic heterocycles. The molecule has 7 heteroatoms. The molecule has 3 rings (SSSR count). The van der Waals surface area contributed by atoms with Crippen molar-refractivity contribution in [3.05, 3.63) is 57.2 Å². The van der Waals surface area contributed by atoms with E-state index in [1.165, 1.54) is 9.91 Å². The zero-order valence-electron chi connectivity index (χ0n) is 15.6. The maximum atomic E-state index is 13.0. The first-order valence-electron chi connectivity index (χ1n) is 8.80. The molecular weight excluding hydrogens is 382 g/mol. The Labute approximate surface area is 168 Å². The topological polar surface area (TPSA) is 53.0 Å². The highest BCUT2D eigenvalue weighted by Gasteiger charge is 2.34. The van der Waals surface area contributed by atoms with Crippen LogP contribution in [0.4, 0.5) is 0 Å². The van der Waals surface area contributed by atoms with Crippen LogP contribution < -0.4 is 0 Å². The number of benzene rings is 1. The molecule has 27 heavy (non-hydrogen) atoms. The summed E-state index contributed by atoms with van der Waals surface area (Å²) in [7, 11) is 1.65. The molecule has 1 aromatic carbocycles. The number of likely N-dealkylation sites (N-methyl/N-ethyl adjacent to an activating group) is 1. The third kappa shape index (κ3) is 4.39. The maximum Gasteiger partial charge on any atom is 0.262 e. The van der Waals surface area contributed by atoms with Crippen LogP contribution in [-0.4, -0.2) is 41.0 Å². The van der Waals surface area contributed by atoms with Crippen molar-refractivity contribution >= 4 is 40.5 Å². The standard InChI is InChI=1S/C20H22ClN3O2S/c1-13(2)20(26)23(3)12-19(25)24-17(14-6-8-15(21)9-7-14)11-16(22-24)18-5-4-10-27-18/h4-10,13,17H,11-12H2,1-3H3/t17-/m0/s1. The molecule has 1 atom stereocenters. The van der Waals surface area contributed by atoms with Gasteiger partial charge in [-0.2, -0.15) is 5.10 Å². The Morgan fingerprint density at radius 3 is 2.59 bits per heavy atom. The van der Waals surface area contributed by atoms with Crippen molar-refractivity contribution in [3.8, 4) is 0 Å². The molecule has 0 radical (unpaired) electrons. The van der Waals surface area contributed by atoms with E-state index in [1.807, 2.05) is 55.6 Å². The third-order valence-corrected chi connectivity index (χ3v) is 5.64. The smallest absolute Gasteiger partial charge is 0.262 e. The molecule has 0 fully saturated rings. The van der Waals surface area contributed by atoms with Gasteiger partial charge < -0.3 is 4.90 Å². The molecule has 0 saturated carbocycles. The van der Waals surface area contributed by atoms with E-state index in [4.69, 9.17) is 11.6 Å². The number of thiophene rings is 1. The summed E-state index contributed by atoms with van der Waals surface area (Å²) in [6.45, 7) is 3.65. The normalized spacial score (nSPS) is 16.6. The van der Waals surface area contributed by atoms with Gasteiger partial charge in [0, 0.05) is 24.4 Å². The van der Waals surface area contributed by atoms with Gasteiger partial charge in [-0.1, -0.05) is 43.6 Å². The van der Waals surface area contributed by atoms with Crippen molar-refractivity contribution < 1.29 is 9.59 Å². The van der Waals surface area contributed by atoms with Crippen LogP contribution in [-0.2, 0) is 9.59 Å². The molecule has 2 aromatic rings. The summed E-state index contributed by atoms with van der Waals surface area (Å²) in [6, 6.07) is 11.2. The predicted molar refractivity (Wildman–Crippen MR) is 109 cm³/mol. The van der Waals surface area contributed by atoms with E-state index < -0.39 is 0 Å². The van der Waals surface area contributed by atoms with Crippen molar-refractivity contribution in [2.45, 2.75) is 26.3 Å². The minimum atomic E-state index is -0.200. The van der Waals surface area contributed by atoms with E-state index in [-0.39, 0.29) is 30.3 Å². The van der Waals surface area contributed by atoms with E-state index in [2.05, 4.69) is 5.10 Å². The molecule has 0 N–H and O–H groups in total. The second-order valence-electron chi connectivity index (χ2n) is 6.88. The summed E-state index contributed by atoms with van der Waals surface area (Å²) in [5, 5.41) is 8.77. The van der Waals surface area contributed by atoms with Crippen LogP contribution >= 0.6 is 22.9 Å². The number of carbonyl (C=O) groups excluding carboxylic acids is 2. The first-order valence-corrected chi connectivity index (χ1v) is 10.1.